The van der Waals surface area contributed by atoms with E-state index in [2.05, 4.69) is 40.3 Å². The minimum atomic E-state index is 0.353. The van der Waals surface area contributed by atoms with Crippen LogP contribution < -0.4 is 5.32 Å². The Morgan fingerprint density at radius 3 is 2.89 bits per heavy atom. The molecule has 2 nitrogen and oxygen atoms in total. The molecule has 1 N–H and O–H groups in total. The summed E-state index contributed by atoms with van der Waals surface area (Å²) in [6.45, 7) is 3.18. The fourth-order valence-electron chi connectivity index (χ4n) is 2.76. The summed E-state index contributed by atoms with van der Waals surface area (Å²) in [6.07, 6.45) is 5.34. The highest BCUT2D eigenvalue weighted by Crippen LogP contribution is 2.38. The largest absolute Gasteiger partial charge is 0.359 e. The maximum Gasteiger partial charge on any atom is 0.157 e. The van der Waals surface area contributed by atoms with E-state index in [0.29, 0.717) is 5.54 Å². The van der Waals surface area contributed by atoms with Gasteiger partial charge in [-0.1, -0.05) is 18.7 Å². The summed E-state index contributed by atoms with van der Waals surface area (Å²) < 4.78 is 1.19. The fraction of sp³-hybridized carbons (Fsp3) is 0.643. The minimum Gasteiger partial charge on any atom is -0.359 e. The lowest BCUT2D eigenvalue weighted by atomic mass is 9.78. The molecule has 1 spiro atoms. The molecule has 5 heteroatoms. The third-order valence-corrected chi connectivity index (χ3v) is 6.91. The quantitative estimate of drug-likeness (QED) is 0.831. The van der Waals surface area contributed by atoms with Gasteiger partial charge in [0.05, 0.1) is 10.3 Å². The molecule has 1 aromatic rings. The average Bonchev–Trinajstić information content (AvgIpc) is 2.99. The molecule has 1 saturated heterocycles. The molecule has 0 bridgehead atoms. The molecular formula is C14H19BrN2S2. The molecule has 2 heterocycles. The summed E-state index contributed by atoms with van der Waals surface area (Å²) in [5.74, 6) is 2.11. The number of hydrogen-bond donors (Lipinski definition) is 1. The molecule has 104 valence electrons. The van der Waals surface area contributed by atoms with Crippen molar-refractivity contribution in [2.24, 2.45) is 10.9 Å². The van der Waals surface area contributed by atoms with Crippen LogP contribution in [-0.4, -0.2) is 16.5 Å². The summed E-state index contributed by atoms with van der Waals surface area (Å²) in [5.41, 5.74) is 0.353. The van der Waals surface area contributed by atoms with E-state index in [1.165, 1.54) is 40.1 Å². The van der Waals surface area contributed by atoms with Gasteiger partial charge < -0.3 is 5.32 Å². The van der Waals surface area contributed by atoms with Gasteiger partial charge >= 0.3 is 0 Å². The number of hydrogen-bond acceptors (Lipinski definition) is 3. The molecule has 0 atom stereocenters. The second-order valence-corrected chi connectivity index (χ2v) is 9.22. The number of rotatable bonds is 2. The van der Waals surface area contributed by atoms with Crippen molar-refractivity contribution in [3.8, 4) is 0 Å². The van der Waals surface area contributed by atoms with Gasteiger partial charge in [0.15, 0.2) is 5.17 Å². The molecule has 1 aromatic heterocycles. The number of halogens is 1. The molecule has 2 aliphatic rings. The van der Waals surface area contributed by atoms with Crippen molar-refractivity contribution in [2.45, 2.75) is 44.7 Å². The lowest BCUT2D eigenvalue weighted by Gasteiger charge is -2.35. The van der Waals surface area contributed by atoms with Gasteiger partial charge in [-0.15, -0.1) is 11.3 Å². The Kier molecular flexibility index (Phi) is 4.25. The number of thioether (sulfide) groups is 1. The topological polar surface area (TPSA) is 24.4 Å². The smallest absolute Gasteiger partial charge is 0.157 e. The summed E-state index contributed by atoms with van der Waals surface area (Å²) in [4.78, 5) is 6.05. The van der Waals surface area contributed by atoms with Crippen LogP contribution in [0.4, 0.5) is 0 Å². The molecule has 0 amide bonds. The van der Waals surface area contributed by atoms with E-state index >= 15 is 0 Å². The van der Waals surface area contributed by atoms with Gasteiger partial charge in [0, 0.05) is 16.2 Å². The first kappa shape index (κ1) is 14.0. The van der Waals surface area contributed by atoms with E-state index < -0.39 is 0 Å². The zero-order valence-electron chi connectivity index (χ0n) is 11.1. The van der Waals surface area contributed by atoms with Gasteiger partial charge in [-0.3, -0.25) is 4.99 Å². The van der Waals surface area contributed by atoms with Crippen molar-refractivity contribution in [3.63, 3.8) is 0 Å². The van der Waals surface area contributed by atoms with Crippen molar-refractivity contribution < 1.29 is 0 Å². The zero-order valence-corrected chi connectivity index (χ0v) is 14.3. The molecule has 3 rings (SSSR count). The zero-order chi connectivity index (χ0) is 13.3. The van der Waals surface area contributed by atoms with Crippen LogP contribution in [0, 0.1) is 5.92 Å². The van der Waals surface area contributed by atoms with Crippen LogP contribution >= 0.6 is 39.0 Å². The summed E-state index contributed by atoms with van der Waals surface area (Å²) in [7, 11) is 0. The fourth-order valence-corrected chi connectivity index (χ4v) is 5.39. The molecule has 19 heavy (non-hydrogen) atoms. The first-order valence-electron chi connectivity index (χ1n) is 6.85. The maximum atomic E-state index is 4.73. The lowest BCUT2D eigenvalue weighted by Crippen LogP contribution is -2.46. The lowest BCUT2D eigenvalue weighted by molar-refractivity contribution is 0.251. The summed E-state index contributed by atoms with van der Waals surface area (Å²) in [6, 6.07) is 4.25. The van der Waals surface area contributed by atoms with Crippen LogP contribution in [0.1, 0.15) is 37.5 Å². The van der Waals surface area contributed by atoms with E-state index in [-0.39, 0.29) is 0 Å². The molecule has 0 radical (unpaired) electrons. The minimum absolute atomic E-state index is 0.353. The third-order valence-electron chi connectivity index (χ3n) is 4.10. The highest BCUT2D eigenvalue weighted by molar-refractivity contribution is 9.11. The Labute approximate surface area is 131 Å². The maximum absolute atomic E-state index is 4.73. The first-order valence-corrected chi connectivity index (χ1v) is 9.44. The van der Waals surface area contributed by atoms with Crippen molar-refractivity contribution in [1.82, 2.24) is 5.32 Å². The van der Waals surface area contributed by atoms with Gasteiger partial charge in [-0.25, -0.2) is 0 Å². The number of aliphatic imine (C=N–C) groups is 1. The number of nitrogens with zero attached hydrogens (tertiary/aromatic N) is 1. The monoisotopic (exact) mass is 358 g/mol. The molecule has 0 unspecified atom stereocenters. The Bertz CT molecular complexity index is 476. The van der Waals surface area contributed by atoms with Crippen LogP contribution in [0.2, 0.25) is 0 Å². The molecule has 1 saturated carbocycles. The average molecular weight is 359 g/mol. The predicted octanol–water partition coefficient (Wildman–Crippen LogP) is 4.65. The molecule has 0 aromatic carbocycles. The van der Waals surface area contributed by atoms with Gasteiger partial charge in [0.25, 0.3) is 0 Å². The summed E-state index contributed by atoms with van der Waals surface area (Å²) in [5, 5.41) is 4.86. The first-order chi connectivity index (χ1) is 9.15. The van der Waals surface area contributed by atoms with Crippen molar-refractivity contribution in [2.75, 3.05) is 5.75 Å². The molecule has 1 aliphatic carbocycles. The Morgan fingerprint density at radius 1 is 1.42 bits per heavy atom. The normalized spacial score (nSPS) is 32.9. The van der Waals surface area contributed by atoms with E-state index in [1.54, 1.807) is 11.3 Å². The van der Waals surface area contributed by atoms with Gasteiger partial charge in [0.1, 0.15) is 0 Å². The van der Waals surface area contributed by atoms with Gasteiger partial charge in [-0.05, 0) is 59.7 Å². The number of thiophene rings is 1. The van der Waals surface area contributed by atoms with E-state index in [9.17, 15) is 0 Å². The second-order valence-electron chi connectivity index (χ2n) is 5.70. The predicted molar refractivity (Wildman–Crippen MR) is 89.1 cm³/mol. The SMILES string of the molecule is CC1CCC2(CC1)CSC(=NCc1ccc(Br)s1)N2. The number of nitrogens with one attached hydrogen (secondary N) is 1. The third kappa shape index (κ3) is 3.37. The van der Waals surface area contributed by atoms with Crippen LogP contribution in [0.5, 0.6) is 0 Å². The Balaban J connectivity index is 1.59. The molecule has 2 fully saturated rings. The van der Waals surface area contributed by atoms with E-state index in [0.717, 1.165) is 17.6 Å². The second kappa shape index (κ2) is 5.78. The van der Waals surface area contributed by atoms with Crippen molar-refractivity contribution in [3.05, 3.63) is 20.8 Å². The number of amidine groups is 1. The Morgan fingerprint density at radius 2 is 2.21 bits per heavy atom. The van der Waals surface area contributed by atoms with Crippen molar-refractivity contribution >= 4 is 44.2 Å². The molecule has 1 aliphatic heterocycles. The van der Waals surface area contributed by atoms with Crippen LogP contribution in [0.3, 0.4) is 0 Å². The van der Waals surface area contributed by atoms with E-state index in [4.69, 9.17) is 4.99 Å². The molecular weight excluding hydrogens is 340 g/mol. The summed E-state index contributed by atoms with van der Waals surface area (Å²) >= 11 is 7.18. The van der Waals surface area contributed by atoms with E-state index in [1.807, 2.05) is 11.8 Å². The van der Waals surface area contributed by atoms with Crippen LogP contribution in [-0.2, 0) is 6.54 Å². The highest BCUT2D eigenvalue weighted by Gasteiger charge is 2.39. The van der Waals surface area contributed by atoms with Crippen LogP contribution in [0.25, 0.3) is 0 Å². The van der Waals surface area contributed by atoms with Crippen molar-refractivity contribution in [1.29, 1.82) is 0 Å². The van der Waals surface area contributed by atoms with Gasteiger partial charge in [0.2, 0.25) is 0 Å². The standard InChI is InChI=1S/C14H19BrN2S2/c1-10-4-6-14(7-5-10)9-18-13(17-14)16-8-11-2-3-12(15)19-11/h2-3,10H,4-9H2,1H3,(H,16,17). The highest BCUT2D eigenvalue weighted by atomic mass is 79.9. The Hall–Kier alpha value is -0.0000000000000000278. The van der Waals surface area contributed by atoms with Gasteiger partial charge in [-0.2, -0.15) is 0 Å². The van der Waals surface area contributed by atoms with Crippen LogP contribution in [0.15, 0.2) is 20.9 Å².